The predicted molar refractivity (Wildman–Crippen MR) is 118 cm³/mol. The summed E-state index contributed by atoms with van der Waals surface area (Å²) in [5.41, 5.74) is 1.54. The van der Waals surface area contributed by atoms with Gasteiger partial charge in [0.25, 0.3) is 0 Å². The van der Waals surface area contributed by atoms with Crippen LogP contribution < -0.4 is 0 Å². The molecule has 162 valence electrons. The molecule has 2 aliphatic rings. The van der Waals surface area contributed by atoms with Crippen molar-refractivity contribution in [2.75, 3.05) is 13.2 Å². The molecule has 0 bridgehead atoms. The molecule has 0 N–H and O–H groups in total. The van der Waals surface area contributed by atoms with Gasteiger partial charge in [-0.3, -0.25) is 0 Å². The first-order chi connectivity index (χ1) is 12.9. The first-order valence-corrected chi connectivity index (χ1v) is 13.8. The second-order valence-electron chi connectivity index (χ2n) is 10.3. The summed E-state index contributed by atoms with van der Waals surface area (Å²) in [6.07, 6.45) is 9.81. The molecule has 0 amide bonds. The number of allylic oxidation sites excluding steroid dienone is 3. The third kappa shape index (κ3) is 7.32. The zero-order chi connectivity index (χ0) is 21.0. The molecule has 2 fully saturated rings. The van der Waals surface area contributed by atoms with Crippen LogP contribution >= 0.6 is 0 Å². The van der Waals surface area contributed by atoms with E-state index in [1.54, 1.807) is 0 Å². The molecule has 0 radical (unpaired) electrons. The van der Waals surface area contributed by atoms with E-state index in [1.165, 1.54) is 5.57 Å². The fraction of sp³-hybridized carbons (Fsp3) is 0.826. The van der Waals surface area contributed by atoms with Crippen LogP contribution in [-0.2, 0) is 18.6 Å². The van der Waals surface area contributed by atoms with Crippen LogP contribution in [0.25, 0.3) is 0 Å². The number of hydrogen-bond donors (Lipinski definition) is 0. The van der Waals surface area contributed by atoms with Crippen molar-refractivity contribution < 1.29 is 18.6 Å². The van der Waals surface area contributed by atoms with Gasteiger partial charge < -0.3 is 18.6 Å². The molecule has 2 heterocycles. The van der Waals surface area contributed by atoms with E-state index in [1.807, 2.05) is 0 Å². The van der Waals surface area contributed by atoms with Crippen LogP contribution in [0.15, 0.2) is 23.5 Å². The van der Waals surface area contributed by atoms with E-state index >= 15 is 0 Å². The zero-order valence-electron chi connectivity index (χ0n) is 19.4. The fourth-order valence-electron chi connectivity index (χ4n) is 3.11. The molecule has 0 aromatic heterocycles. The lowest BCUT2D eigenvalue weighted by molar-refractivity contribution is -0.0384. The normalized spacial score (nSPS) is 23.9. The van der Waals surface area contributed by atoms with Crippen molar-refractivity contribution in [3.63, 3.8) is 0 Å². The highest BCUT2D eigenvalue weighted by Gasteiger charge is 2.46. The number of ether oxygens (including phenoxy) is 3. The summed E-state index contributed by atoms with van der Waals surface area (Å²) < 4.78 is 23.5. The summed E-state index contributed by atoms with van der Waals surface area (Å²) in [7, 11) is -1.85. The maximum atomic E-state index is 6.62. The Balaban J connectivity index is 1.88. The first-order valence-electron chi connectivity index (χ1n) is 10.9. The molecule has 5 heteroatoms. The molecule has 2 rings (SSSR count). The second-order valence-corrected chi connectivity index (χ2v) is 15.0. The van der Waals surface area contributed by atoms with Gasteiger partial charge in [-0.2, -0.15) is 0 Å². The van der Waals surface area contributed by atoms with E-state index in [0.29, 0.717) is 19.3 Å². The van der Waals surface area contributed by atoms with Crippen LogP contribution in [0.5, 0.6) is 0 Å². The quantitative estimate of drug-likeness (QED) is 0.182. The van der Waals surface area contributed by atoms with Crippen molar-refractivity contribution in [1.82, 2.24) is 0 Å². The van der Waals surface area contributed by atoms with Crippen molar-refractivity contribution in [3.05, 3.63) is 23.5 Å². The SMILES string of the molecule is C/C(=C\CC/C(=C\CC1OCCO1)O[Si](C)(C)C(C)(C)C)CC[C@@H]1OC1(C)C. The summed E-state index contributed by atoms with van der Waals surface area (Å²) in [6.45, 7) is 19.4. The first kappa shape index (κ1) is 23.7. The van der Waals surface area contributed by atoms with Gasteiger partial charge in [0.15, 0.2) is 6.29 Å². The molecule has 1 atom stereocenters. The largest absolute Gasteiger partial charge is 0.547 e. The molecular weight excluding hydrogens is 368 g/mol. The summed E-state index contributed by atoms with van der Waals surface area (Å²) in [5.74, 6) is 1.10. The second kappa shape index (κ2) is 9.46. The van der Waals surface area contributed by atoms with Gasteiger partial charge in [-0.1, -0.05) is 32.4 Å². The average molecular weight is 411 g/mol. The van der Waals surface area contributed by atoms with Gasteiger partial charge in [-0.15, -0.1) is 0 Å². The topological polar surface area (TPSA) is 40.2 Å². The van der Waals surface area contributed by atoms with Gasteiger partial charge in [0.05, 0.1) is 30.7 Å². The Kier molecular flexibility index (Phi) is 7.99. The predicted octanol–water partition coefficient (Wildman–Crippen LogP) is 6.34. The van der Waals surface area contributed by atoms with Crippen LogP contribution in [0.4, 0.5) is 0 Å². The van der Waals surface area contributed by atoms with Crippen LogP contribution in [0.1, 0.15) is 73.6 Å². The maximum absolute atomic E-state index is 6.62. The van der Waals surface area contributed by atoms with Crippen molar-refractivity contribution in [2.24, 2.45) is 0 Å². The molecule has 0 spiro atoms. The molecule has 0 unspecified atom stereocenters. The minimum atomic E-state index is -1.85. The van der Waals surface area contributed by atoms with Crippen LogP contribution in [0.3, 0.4) is 0 Å². The van der Waals surface area contributed by atoms with Crippen LogP contribution in [0, 0.1) is 0 Å². The fourth-order valence-corrected chi connectivity index (χ4v) is 4.25. The Morgan fingerprint density at radius 2 is 1.71 bits per heavy atom. The maximum Gasteiger partial charge on any atom is 0.250 e. The Morgan fingerprint density at radius 1 is 1.11 bits per heavy atom. The standard InChI is InChI=1S/C23H42O4Si/c1-18(12-14-20-23(5,6)26-20)10-9-11-19(13-15-21-24-16-17-25-21)27-28(7,8)22(2,3)4/h10,13,20-21H,9,11-12,14-17H2,1-8H3/b18-10+,19-13+/t20-/m0/s1. The molecule has 0 saturated carbocycles. The Labute approximate surface area is 173 Å². The third-order valence-corrected chi connectivity index (χ3v) is 10.7. The Bertz CT molecular complexity index is 566. The smallest absolute Gasteiger partial charge is 0.250 e. The molecule has 2 saturated heterocycles. The molecule has 0 aromatic carbocycles. The minimum Gasteiger partial charge on any atom is -0.547 e. The van der Waals surface area contributed by atoms with Crippen molar-refractivity contribution in [3.8, 4) is 0 Å². The lowest BCUT2D eigenvalue weighted by Gasteiger charge is -2.37. The van der Waals surface area contributed by atoms with Crippen LogP contribution in [-0.4, -0.2) is 39.5 Å². The van der Waals surface area contributed by atoms with Gasteiger partial charge in [0, 0.05) is 12.8 Å². The Morgan fingerprint density at radius 3 is 2.25 bits per heavy atom. The summed E-state index contributed by atoms with van der Waals surface area (Å²) in [5, 5.41) is 0.190. The molecule has 0 aromatic rings. The summed E-state index contributed by atoms with van der Waals surface area (Å²) in [4.78, 5) is 0. The lowest BCUT2D eigenvalue weighted by Crippen LogP contribution is -2.40. The third-order valence-electron chi connectivity index (χ3n) is 6.27. The molecular formula is C23H42O4Si. The highest BCUT2D eigenvalue weighted by atomic mass is 28.4. The van der Waals surface area contributed by atoms with Crippen molar-refractivity contribution in [2.45, 2.75) is 110 Å². The minimum absolute atomic E-state index is 0.0948. The van der Waals surface area contributed by atoms with E-state index in [4.69, 9.17) is 18.6 Å². The highest BCUT2D eigenvalue weighted by Crippen LogP contribution is 2.40. The van der Waals surface area contributed by atoms with E-state index in [2.05, 4.69) is 66.8 Å². The van der Waals surface area contributed by atoms with Gasteiger partial charge in [0.2, 0.25) is 8.32 Å². The van der Waals surface area contributed by atoms with Gasteiger partial charge in [-0.25, -0.2) is 0 Å². The van der Waals surface area contributed by atoms with Crippen molar-refractivity contribution in [1.29, 1.82) is 0 Å². The number of hydrogen-bond acceptors (Lipinski definition) is 4. The number of epoxide rings is 1. The van der Waals surface area contributed by atoms with Gasteiger partial charge in [0.1, 0.15) is 0 Å². The van der Waals surface area contributed by atoms with Crippen molar-refractivity contribution >= 4 is 8.32 Å². The Hall–Kier alpha value is -0.623. The lowest BCUT2D eigenvalue weighted by atomic mass is 10.0. The highest BCUT2D eigenvalue weighted by molar-refractivity contribution is 6.74. The molecule has 28 heavy (non-hydrogen) atoms. The summed E-state index contributed by atoms with van der Waals surface area (Å²) >= 11 is 0. The molecule has 0 aliphatic carbocycles. The van der Waals surface area contributed by atoms with Gasteiger partial charge in [-0.05, 0) is 64.2 Å². The molecule has 4 nitrogen and oxygen atoms in total. The number of rotatable bonds is 10. The van der Waals surface area contributed by atoms with E-state index < -0.39 is 8.32 Å². The molecule has 2 aliphatic heterocycles. The monoisotopic (exact) mass is 410 g/mol. The van der Waals surface area contributed by atoms with E-state index in [0.717, 1.165) is 37.9 Å². The van der Waals surface area contributed by atoms with E-state index in [9.17, 15) is 0 Å². The average Bonchev–Trinajstić information content (AvgIpc) is 2.96. The van der Waals surface area contributed by atoms with Crippen LogP contribution in [0.2, 0.25) is 18.1 Å². The zero-order valence-corrected chi connectivity index (χ0v) is 20.4. The van der Waals surface area contributed by atoms with Gasteiger partial charge >= 0.3 is 0 Å². The summed E-state index contributed by atoms with van der Waals surface area (Å²) in [6, 6.07) is 0. The van der Waals surface area contributed by atoms with E-state index in [-0.39, 0.29) is 16.9 Å².